The molecule has 0 aliphatic carbocycles. The number of pyridine rings is 1. The van der Waals surface area contributed by atoms with Crippen molar-refractivity contribution in [2.75, 3.05) is 0 Å². The number of hydrogen-bond donors (Lipinski definition) is 0. The molecular weight excluding hydrogens is 180 g/mol. The van der Waals surface area contributed by atoms with Gasteiger partial charge in [0.25, 0.3) is 0 Å². The molecule has 3 heteroatoms. The number of rotatable bonds is 2. The van der Waals surface area contributed by atoms with Crippen LogP contribution in [0.25, 0.3) is 15.8 Å². The Morgan fingerprint density at radius 3 is 3.15 bits per heavy atom. The summed E-state index contributed by atoms with van der Waals surface area (Å²) < 4.78 is 1.18. The van der Waals surface area contributed by atoms with Crippen LogP contribution < -0.4 is 0 Å². The second kappa shape index (κ2) is 3.26. The van der Waals surface area contributed by atoms with Crippen molar-refractivity contribution in [3.8, 4) is 0 Å². The van der Waals surface area contributed by atoms with Crippen LogP contribution in [-0.4, -0.2) is 9.97 Å². The van der Waals surface area contributed by atoms with E-state index in [1.54, 1.807) is 11.3 Å². The van der Waals surface area contributed by atoms with Gasteiger partial charge in [-0.2, -0.15) is 0 Å². The van der Waals surface area contributed by atoms with Crippen molar-refractivity contribution in [1.29, 1.82) is 0 Å². The summed E-state index contributed by atoms with van der Waals surface area (Å²) in [6, 6.07) is 2.05. The summed E-state index contributed by atoms with van der Waals surface area (Å²) in [4.78, 5) is 8.47. The predicted octanol–water partition coefficient (Wildman–Crippen LogP) is 3.11. The summed E-state index contributed by atoms with van der Waals surface area (Å²) in [5.41, 5.74) is 4.87. The highest BCUT2D eigenvalue weighted by Gasteiger charge is 2.01. The molecular formula is C10H10N2S. The van der Waals surface area contributed by atoms with Crippen LogP contribution in [0.1, 0.15) is 19.0 Å². The number of thiazole rings is 1. The monoisotopic (exact) mass is 190 g/mol. The average Bonchev–Trinajstić information content (AvgIpc) is 2.63. The van der Waals surface area contributed by atoms with E-state index in [0.29, 0.717) is 0 Å². The Hall–Kier alpha value is -1.22. The first-order valence-electron chi connectivity index (χ1n) is 4.18. The summed E-state index contributed by atoms with van der Waals surface area (Å²) in [5, 5.41) is 0. The highest BCUT2D eigenvalue weighted by molar-refractivity contribution is 7.16. The molecule has 0 saturated carbocycles. The highest BCUT2D eigenvalue weighted by Crippen LogP contribution is 2.21. The van der Waals surface area contributed by atoms with Crippen molar-refractivity contribution in [2.45, 2.75) is 13.3 Å². The fraction of sp³-hybridized carbons (Fsp3) is 0.200. The lowest BCUT2D eigenvalue weighted by atomic mass is 10.1. The number of allylic oxidation sites excluding steroid dienone is 1. The maximum atomic E-state index is 4.29. The first kappa shape index (κ1) is 8.38. The minimum atomic E-state index is 0.942. The van der Waals surface area contributed by atoms with Gasteiger partial charge in [0, 0.05) is 0 Å². The summed E-state index contributed by atoms with van der Waals surface area (Å²) >= 11 is 1.64. The van der Waals surface area contributed by atoms with Gasteiger partial charge in [-0.15, -0.1) is 11.3 Å². The van der Waals surface area contributed by atoms with Crippen LogP contribution in [0.2, 0.25) is 0 Å². The quantitative estimate of drug-likeness (QED) is 0.727. The molecule has 0 fully saturated rings. The van der Waals surface area contributed by atoms with E-state index >= 15 is 0 Å². The maximum Gasteiger partial charge on any atom is 0.0995 e. The Labute approximate surface area is 81.0 Å². The molecule has 0 aliphatic heterocycles. The number of fused-ring (bicyclic) bond motifs is 1. The summed E-state index contributed by atoms with van der Waals surface area (Å²) in [5.74, 6) is 0. The van der Waals surface area contributed by atoms with Gasteiger partial charge in [-0.1, -0.05) is 13.5 Å². The molecule has 0 N–H and O–H groups in total. The molecule has 2 aromatic rings. The standard InChI is InChI=1S/C10H10N2S/c1-3-7(2)8-4-10-9(5-11-8)12-6-13-10/h4-6H,2-3H2,1H3. The molecule has 2 aromatic heterocycles. The number of hydrogen-bond acceptors (Lipinski definition) is 3. The van der Waals surface area contributed by atoms with Crippen molar-refractivity contribution in [1.82, 2.24) is 9.97 Å². The predicted molar refractivity (Wildman–Crippen MR) is 56.7 cm³/mol. The van der Waals surface area contributed by atoms with E-state index < -0.39 is 0 Å². The van der Waals surface area contributed by atoms with E-state index in [-0.39, 0.29) is 0 Å². The highest BCUT2D eigenvalue weighted by atomic mass is 32.1. The Morgan fingerprint density at radius 1 is 1.54 bits per heavy atom. The van der Waals surface area contributed by atoms with Crippen molar-refractivity contribution < 1.29 is 0 Å². The van der Waals surface area contributed by atoms with Gasteiger partial charge in [0.15, 0.2) is 0 Å². The Bertz CT molecular complexity index is 445. The van der Waals surface area contributed by atoms with Gasteiger partial charge in [-0.05, 0) is 18.1 Å². The largest absolute Gasteiger partial charge is 0.254 e. The summed E-state index contributed by atoms with van der Waals surface area (Å²) in [6.45, 7) is 6.04. The van der Waals surface area contributed by atoms with Gasteiger partial charge in [0.2, 0.25) is 0 Å². The molecule has 13 heavy (non-hydrogen) atoms. The molecule has 0 aliphatic rings. The minimum absolute atomic E-state index is 0.942. The zero-order valence-electron chi connectivity index (χ0n) is 7.45. The molecule has 0 saturated heterocycles. The Balaban J connectivity index is 2.54. The first-order chi connectivity index (χ1) is 6.31. The van der Waals surface area contributed by atoms with E-state index in [4.69, 9.17) is 0 Å². The van der Waals surface area contributed by atoms with Crippen molar-refractivity contribution in [3.05, 3.63) is 30.0 Å². The van der Waals surface area contributed by atoms with Crippen LogP contribution in [0.15, 0.2) is 24.4 Å². The minimum Gasteiger partial charge on any atom is -0.254 e. The lowest BCUT2D eigenvalue weighted by Crippen LogP contribution is -1.85. The normalized spacial score (nSPS) is 10.5. The van der Waals surface area contributed by atoms with Crippen LogP contribution in [-0.2, 0) is 0 Å². The molecule has 0 spiro atoms. The number of nitrogens with zero attached hydrogens (tertiary/aromatic N) is 2. The zero-order valence-corrected chi connectivity index (χ0v) is 8.27. The molecule has 2 nitrogen and oxygen atoms in total. The van der Waals surface area contributed by atoms with E-state index in [1.165, 1.54) is 4.70 Å². The van der Waals surface area contributed by atoms with Crippen LogP contribution in [0.4, 0.5) is 0 Å². The summed E-state index contributed by atoms with van der Waals surface area (Å²) in [6.07, 6.45) is 2.75. The first-order valence-corrected chi connectivity index (χ1v) is 5.06. The van der Waals surface area contributed by atoms with Crippen LogP contribution in [0.5, 0.6) is 0 Å². The third kappa shape index (κ3) is 1.47. The van der Waals surface area contributed by atoms with Crippen molar-refractivity contribution >= 4 is 27.1 Å². The second-order valence-electron chi connectivity index (χ2n) is 2.85. The molecule has 66 valence electrons. The molecule has 0 unspecified atom stereocenters. The van der Waals surface area contributed by atoms with Gasteiger partial charge in [0.1, 0.15) is 0 Å². The topological polar surface area (TPSA) is 25.8 Å². The van der Waals surface area contributed by atoms with Gasteiger partial charge in [-0.3, -0.25) is 4.98 Å². The smallest absolute Gasteiger partial charge is 0.0995 e. The lowest BCUT2D eigenvalue weighted by Gasteiger charge is -1.99. The maximum absolute atomic E-state index is 4.29. The number of aromatic nitrogens is 2. The fourth-order valence-corrected chi connectivity index (χ4v) is 1.82. The third-order valence-corrected chi connectivity index (χ3v) is 2.80. The van der Waals surface area contributed by atoms with E-state index in [2.05, 4.69) is 29.5 Å². The Morgan fingerprint density at radius 2 is 2.38 bits per heavy atom. The van der Waals surface area contributed by atoms with Gasteiger partial charge in [0.05, 0.1) is 27.6 Å². The van der Waals surface area contributed by atoms with Crippen molar-refractivity contribution in [2.24, 2.45) is 0 Å². The Kier molecular flexibility index (Phi) is 2.10. The zero-order chi connectivity index (χ0) is 9.26. The average molecular weight is 190 g/mol. The molecule has 0 bridgehead atoms. The van der Waals surface area contributed by atoms with Crippen LogP contribution in [0.3, 0.4) is 0 Å². The van der Waals surface area contributed by atoms with E-state index in [0.717, 1.165) is 23.2 Å². The third-order valence-electron chi connectivity index (χ3n) is 2.01. The van der Waals surface area contributed by atoms with Crippen LogP contribution >= 0.6 is 11.3 Å². The molecule has 2 rings (SSSR count). The van der Waals surface area contributed by atoms with Gasteiger partial charge in [-0.25, -0.2) is 4.98 Å². The van der Waals surface area contributed by atoms with Crippen LogP contribution in [0, 0.1) is 0 Å². The summed E-state index contributed by atoms with van der Waals surface area (Å²) in [7, 11) is 0. The molecule has 0 atom stereocenters. The molecule has 0 radical (unpaired) electrons. The van der Waals surface area contributed by atoms with E-state index in [1.807, 2.05) is 11.7 Å². The SMILES string of the molecule is C=C(CC)c1cc2scnc2cn1. The van der Waals surface area contributed by atoms with Gasteiger partial charge >= 0.3 is 0 Å². The van der Waals surface area contributed by atoms with E-state index in [9.17, 15) is 0 Å². The molecule has 0 amide bonds. The van der Waals surface area contributed by atoms with Gasteiger partial charge < -0.3 is 0 Å². The molecule has 2 heterocycles. The van der Waals surface area contributed by atoms with Crippen molar-refractivity contribution in [3.63, 3.8) is 0 Å². The molecule has 0 aromatic carbocycles. The second-order valence-corrected chi connectivity index (χ2v) is 3.73. The lowest BCUT2D eigenvalue weighted by molar-refractivity contribution is 1.19. The fourth-order valence-electron chi connectivity index (χ4n) is 1.14.